The van der Waals surface area contributed by atoms with Crippen LogP contribution in [0.4, 0.5) is 15.8 Å². The second-order valence-electron chi connectivity index (χ2n) is 3.29. The third kappa shape index (κ3) is 3.80. The quantitative estimate of drug-likeness (QED) is 0.603. The number of carbonyl (C=O) groups excluding carboxylic acids is 1. The van der Waals surface area contributed by atoms with E-state index < -0.39 is 22.3 Å². The first kappa shape index (κ1) is 13.0. The van der Waals surface area contributed by atoms with E-state index >= 15 is 0 Å². The topological polar surface area (TPSA) is 92.5 Å². The number of amides is 1. The van der Waals surface area contributed by atoms with Crippen LogP contribution in [-0.4, -0.2) is 22.5 Å². The fraction of sp³-hybridized carbons (Fsp3) is 0.300. The normalized spacial score (nSPS) is 10.0. The van der Waals surface area contributed by atoms with E-state index in [1.54, 1.807) is 0 Å². The first-order valence-corrected chi connectivity index (χ1v) is 4.89. The zero-order chi connectivity index (χ0) is 12.8. The number of halogens is 1. The van der Waals surface area contributed by atoms with Gasteiger partial charge in [-0.05, 0) is 18.6 Å². The maximum absolute atomic E-state index is 12.8. The van der Waals surface area contributed by atoms with Crippen molar-refractivity contribution < 1.29 is 19.2 Å². The Morgan fingerprint density at radius 1 is 1.53 bits per heavy atom. The molecule has 0 unspecified atom stereocenters. The van der Waals surface area contributed by atoms with E-state index in [4.69, 9.17) is 5.11 Å². The van der Waals surface area contributed by atoms with Crippen molar-refractivity contribution in [1.82, 2.24) is 0 Å². The predicted octanol–water partition coefficient (Wildman–Crippen LogP) is 1.44. The van der Waals surface area contributed by atoms with Crippen LogP contribution >= 0.6 is 0 Å². The number of benzene rings is 1. The number of carbonyl (C=O) groups is 1. The minimum atomic E-state index is -0.773. The van der Waals surface area contributed by atoms with Crippen molar-refractivity contribution in [3.63, 3.8) is 0 Å². The van der Waals surface area contributed by atoms with Crippen LogP contribution in [0.3, 0.4) is 0 Å². The van der Waals surface area contributed by atoms with Gasteiger partial charge in [-0.25, -0.2) is 4.39 Å². The average molecular weight is 242 g/mol. The average Bonchev–Trinajstić information content (AvgIpc) is 2.28. The van der Waals surface area contributed by atoms with Gasteiger partial charge in [0.05, 0.1) is 11.0 Å². The van der Waals surface area contributed by atoms with Gasteiger partial charge in [-0.2, -0.15) is 0 Å². The fourth-order valence-corrected chi connectivity index (χ4v) is 1.21. The van der Waals surface area contributed by atoms with Crippen molar-refractivity contribution in [1.29, 1.82) is 0 Å². The van der Waals surface area contributed by atoms with Gasteiger partial charge in [0.2, 0.25) is 5.91 Å². The molecule has 0 heterocycles. The highest BCUT2D eigenvalue weighted by atomic mass is 19.1. The van der Waals surface area contributed by atoms with Crippen molar-refractivity contribution in [3.05, 3.63) is 34.1 Å². The highest BCUT2D eigenvalue weighted by Crippen LogP contribution is 2.25. The number of nitro benzene ring substituents is 1. The monoisotopic (exact) mass is 242 g/mol. The van der Waals surface area contributed by atoms with Crippen LogP contribution in [0, 0.1) is 15.9 Å². The number of hydrogen-bond acceptors (Lipinski definition) is 4. The Balaban J connectivity index is 2.83. The molecule has 0 spiro atoms. The number of nitrogens with zero attached hydrogens (tertiary/aromatic N) is 1. The largest absolute Gasteiger partial charge is 0.396 e. The molecular formula is C10H11FN2O4. The molecule has 17 heavy (non-hydrogen) atoms. The lowest BCUT2D eigenvalue weighted by atomic mass is 10.2. The summed E-state index contributed by atoms with van der Waals surface area (Å²) in [5.74, 6) is -1.21. The van der Waals surface area contributed by atoms with E-state index in [0.29, 0.717) is 0 Å². The summed E-state index contributed by atoms with van der Waals surface area (Å²) in [5, 5.41) is 21.4. The number of anilines is 1. The number of nitro groups is 1. The molecule has 0 bridgehead atoms. The zero-order valence-electron chi connectivity index (χ0n) is 8.85. The maximum Gasteiger partial charge on any atom is 0.295 e. The Morgan fingerprint density at radius 2 is 2.24 bits per heavy atom. The molecule has 7 heteroatoms. The standard InChI is InChI=1S/C10H11FN2O4/c11-7-3-4-8(9(6-7)13(16)17)12-10(15)2-1-5-14/h3-4,6,14H,1-2,5H2,(H,12,15). The highest BCUT2D eigenvalue weighted by Gasteiger charge is 2.16. The van der Waals surface area contributed by atoms with Crippen molar-refractivity contribution in [2.24, 2.45) is 0 Å². The summed E-state index contributed by atoms with van der Waals surface area (Å²) in [6.07, 6.45) is 0.311. The summed E-state index contributed by atoms with van der Waals surface area (Å²) >= 11 is 0. The van der Waals surface area contributed by atoms with Crippen LogP contribution in [-0.2, 0) is 4.79 Å². The third-order valence-electron chi connectivity index (χ3n) is 1.99. The van der Waals surface area contributed by atoms with Crippen LogP contribution in [0.1, 0.15) is 12.8 Å². The molecule has 0 aromatic heterocycles. The number of nitrogens with one attached hydrogen (secondary N) is 1. The van der Waals surface area contributed by atoms with Crippen LogP contribution in [0.25, 0.3) is 0 Å². The molecule has 1 aromatic rings. The van der Waals surface area contributed by atoms with Crippen LogP contribution in [0.2, 0.25) is 0 Å². The molecule has 1 amide bonds. The molecule has 0 aliphatic heterocycles. The SMILES string of the molecule is O=C(CCCO)Nc1ccc(F)cc1[N+](=O)[O-]. The number of aliphatic hydroxyl groups is 1. The van der Waals surface area contributed by atoms with Crippen LogP contribution in [0.5, 0.6) is 0 Å². The van der Waals surface area contributed by atoms with E-state index in [1.807, 2.05) is 0 Å². The molecule has 6 nitrogen and oxygen atoms in total. The van der Waals surface area contributed by atoms with E-state index in [0.717, 1.165) is 18.2 Å². The maximum atomic E-state index is 12.8. The molecule has 92 valence electrons. The molecule has 2 N–H and O–H groups in total. The lowest BCUT2D eigenvalue weighted by molar-refractivity contribution is -0.384. The second kappa shape index (κ2) is 5.90. The lowest BCUT2D eigenvalue weighted by Crippen LogP contribution is -2.13. The highest BCUT2D eigenvalue weighted by molar-refractivity contribution is 5.92. The zero-order valence-corrected chi connectivity index (χ0v) is 8.85. The summed E-state index contributed by atoms with van der Waals surface area (Å²) in [4.78, 5) is 21.1. The molecule has 0 radical (unpaired) electrons. The van der Waals surface area contributed by atoms with E-state index in [2.05, 4.69) is 5.32 Å². The summed E-state index contributed by atoms with van der Waals surface area (Å²) in [5.41, 5.74) is -0.554. The van der Waals surface area contributed by atoms with E-state index in [-0.39, 0.29) is 25.1 Å². The smallest absolute Gasteiger partial charge is 0.295 e. The van der Waals surface area contributed by atoms with Gasteiger partial charge in [0.1, 0.15) is 11.5 Å². The molecular weight excluding hydrogens is 231 g/mol. The molecule has 0 saturated carbocycles. The Morgan fingerprint density at radius 3 is 2.82 bits per heavy atom. The predicted molar refractivity (Wildman–Crippen MR) is 58.0 cm³/mol. The van der Waals surface area contributed by atoms with Crippen molar-refractivity contribution in [3.8, 4) is 0 Å². The third-order valence-corrected chi connectivity index (χ3v) is 1.99. The Labute approximate surface area is 96.2 Å². The molecule has 0 fully saturated rings. The number of rotatable bonds is 5. The second-order valence-corrected chi connectivity index (χ2v) is 3.29. The van der Waals surface area contributed by atoms with E-state index in [1.165, 1.54) is 0 Å². The lowest BCUT2D eigenvalue weighted by Gasteiger charge is -2.05. The molecule has 1 rings (SSSR count). The van der Waals surface area contributed by atoms with Crippen molar-refractivity contribution in [2.75, 3.05) is 11.9 Å². The molecule has 0 aliphatic carbocycles. The van der Waals surface area contributed by atoms with Gasteiger partial charge in [-0.15, -0.1) is 0 Å². The minimum absolute atomic E-state index is 0.0467. The minimum Gasteiger partial charge on any atom is -0.396 e. The summed E-state index contributed by atoms with van der Waals surface area (Å²) in [6, 6.07) is 2.89. The number of hydrogen-bond donors (Lipinski definition) is 2. The van der Waals surface area contributed by atoms with Gasteiger partial charge >= 0.3 is 0 Å². The van der Waals surface area contributed by atoms with Gasteiger partial charge in [0, 0.05) is 13.0 Å². The molecule has 0 saturated heterocycles. The van der Waals surface area contributed by atoms with Crippen LogP contribution < -0.4 is 5.32 Å². The fourth-order valence-electron chi connectivity index (χ4n) is 1.21. The van der Waals surface area contributed by atoms with Crippen molar-refractivity contribution >= 4 is 17.3 Å². The van der Waals surface area contributed by atoms with Gasteiger partial charge in [0.15, 0.2) is 0 Å². The van der Waals surface area contributed by atoms with Gasteiger partial charge in [-0.1, -0.05) is 0 Å². The molecule has 1 aromatic carbocycles. The first-order valence-electron chi connectivity index (χ1n) is 4.89. The Hall–Kier alpha value is -2.02. The Kier molecular flexibility index (Phi) is 4.53. The molecule has 0 atom stereocenters. The summed E-state index contributed by atoms with van der Waals surface area (Å²) < 4.78 is 12.8. The summed E-state index contributed by atoms with van der Waals surface area (Å²) in [6.45, 7) is -0.140. The molecule has 0 aliphatic rings. The number of aliphatic hydroxyl groups excluding tert-OH is 1. The van der Waals surface area contributed by atoms with Gasteiger partial charge in [-0.3, -0.25) is 14.9 Å². The Bertz CT molecular complexity index is 436. The van der Waals surface area contributed by atoms with E-state index in [9.17, 15) is 19.3 Å². The van der Waals surface area contributed by atoms with Gasteiger partial charge < -0.3 is 10.4 Å². The van der Waals surface area contributed by atoms with Crippen LogP contribution in [0.15, 0.2) is 18.2 Å². The van der Waals surface area contributed by atoms with Gasteiger partial charge in [0.25, 0.3) is 5.69 Å². The summed E-state index contributed by atoms with van der Waals surface area (Å²) in [7, 11) is 0. The first-order chi connectivity index (χ1) is 8.04. The van der Waals surface area contributed by atoms with Crippen molar-refractivity contribution in [2.45, 2.75) is 12.8 Å².